The summed E-state index contributed by atoms with van der Waals surface area (Å²) in [6.45, 7) is 2.05. The molecular formula is C25H30ClN3O5S. The summed E-state index contributed by atoms with van der Waals surface area (Å²) in [5.74, 6) is -0.382. The number of nitrogens with one attached hydrogen (secondary N) is 1. The maximum absolute atomic E-state index is 13.3. The fourth-order valence-electron chi connectivity index (χ4n) is 4.57. The average Bonchev–Trinajstić information content (AvgIpc) is 3.40. The highest BCUT2D eigenvalue weighted by Crippen LogP contribution is 2.32. The number of benzene rings is 2. The van der Waals surface area contributed by atoms with Gasteiger partial charge in [0.25, 0.3) is 0 Å². The van der Waals surface area contributed by atoms with Crippen LogP contribution in [0.1, 0.15) is 31.2 Å². The Hall–Kier alpha value is -2.62. The Morgan fingerprint density at radius 1 is 1.06 bits per heavy atom. The number of carbonyl (C=O) groups is 2. The van der Waals surface area contributed by atoms with Crippen LogP contribution in [0.3, 0.4) is 0 Å². The maximum Gasteiger partial charge on any atom is 0.246 e. The van der Waals surface area contributed by atoms with Crippen molar-refractivity contribution in [2.45, 2.75) is 37.0 Å². The van der Waals surface area contributed by atoms with Crippen molar-refractivity contribution in [3.8, 4) is 5.75 Å². The van der Waals surface area contributed by atoms with Gasteiger partial charge in [-0.1, -0.05) is 23.7 Å². The molecule has 188 valence electrons. The molecule has 2 amide bonds. The van der Waals surface area contributed by atoms with Gasteiger partial charge in [0.1, 0.15) is 10.6 Å². The number of hydrogen-bond donors (Lipinski definition) is 1. The van der Waals surface area contributed by atoms with Crippen molar-refractivity contribution in [3.63, 3.8) is 0 Å². The van der Waals surface area contributed by atoms with E-state index in [4.69, 9.17) is 16.3 Å². The van der Waals surface area contributed by atoms with E-state index >= 15 is 0 Å². The molecule has 1 atom stereocenters. The number of hydrogen-bond acceptors (Lipinski definition) is 5. The molecule has 0 aromatic heterocycles. The number of methoxy groups -OCH3 is 1. The molecule has 0 aliphatic carbocycles. The lowest BCUT2D eigenvalue weighted by Gasteiger charge is -2.31. The largest absolute Gasteiger partial charge is 0.495 e. The normalized spacial score (nSPS) is 18.9. The summed E-state index contributed by atoms with van der Waals surface area (Å²) in [6.07, 6.45) is 3.62. The second-order valence-electron chi connectivity index (χ2n) is 8.95. The molecule has 2 aliphatic heterocycles. The number of carbonyl (C=O) groups excluding carboxylic acids is 2. The molecule has 2 saturated heterocycles. The molecule has 2 heterocycles. The summed E-state index contributed by atoms with van der Waals surface area (Å²) in [4.78, 5) is 27.2. The molecule has 0 spiro atoms. The fourth-order valence-corrected chi connectivity index (χ4v) is 6.51. The first kappa shape index (κ1) is 25.5. The van der Waals surface area contributed by atoms with E-state index in [9.17, 15) is 18.0 Å². The Labute approximate surface area is 211 Å². The number of sulfonamides is 1. The average molecular weight is 520 g/mol. The minimum Gasteiger partial charge on any atom is -0.495 e. The summed E-state index contributed by atoms with van der Waals surface area (Å²) in [5.41, 5.74) is 1.51. The van der Waals surface area contributed by atoms with Gasteiger partial charge in [-0.15, -0.1) is 0 Å². The summed E-state index contributed by atoms with van der Waals surface area (Å²) in [6, 6.07) is 11.7. The van der Waals surface area contributed by atoms with E-state index in [1.54, 1.807) is 18.2 Å². The topological polar surface area (TPSA) is 96.0 Å². The van der Waals surface area contributed by atoms with E-state index < -0.39 is 15.9 Å². The Bertz CT molecular complexity index is 1180. The van der Waals surface area contributed by atoms with Crippen LogP contribution in [0, 0.1) is 5.92 Å². The van der Waals surface area contributed by atoms with Gasteiger partial charge in [-0.2, -0.15) is 4.31 Å². The highest BCUT2D eigenvalue weighted by atomic mass is 35.5. The number of ether oxygens (including phenoxy) is 1. The molecule has 10 heteroatoms. The minimum atomic E-state index is -3.88. The van der Waals surface area contributed by atoms with Gasteiger partial charge in [0, 0.05) is 36.9 Å². The van der Waals surface area contributed by atoms with Gasteiger partial charge in [0.2, 0.25) is 21.8 Å². The zero-order valence-electron chi connectivity index (χ0n) is 19.7. The minimum absolute atomic E-state index is 0.00683. The van der Waals surface area contributed by atoms with E-state index in [0.29, 0.717) is 36.5 Å². The van der Waals surface area contributed by atoms with E-state index in [2.05, 4.69) is 5.32 Å². The number of likely N-dealkylation sites (tertiary alicyclic amines) is 1. The Kier molecular flexibility index (Phi) is 7.98. The first-order valence-corrected chi connectivity index (χ1v) is 13.6. The van der Waals surface area contributed by atoms with Crippen LogP contribution in [-0.2, 0) is 26.0 Å². The smallest absolute Gasteiger partial charge is 0.246 e. The maximum atomic E-state index is 13.3. The molecule has 8 nitrogen and oxygen atoms in total. The molecule has 1 N–H and O–H groups in total. The zero-order chi connectivity index (χ0) is 25.0. The van der Waals surface area contributed by atoms with Crippen molar-refractivity contribution in [1.29, 1.82) is 0 Å². The van der Waals surface area contributed by atoms with Gasteiger partial charge in [-0.3, -0.25) is 9.59 Å². The van der Waals surface area contributed by atoms with Crippen LogP contribution in [0.2, 0.25) is 5.02 Å². The molecular weight excluding hydrogens is 490 g/mol. The third kappa shape index (κ3) is 5.97. The molecule has 2 aliphatic rings. The lowest BCUT2D eigenvalue weighted by molar-refractivity contribution is -0.129. The zero-order valence-corrected chi connectivity index (χ0v) is 21.3. The van der Waals surface area contributed by atoms with Crippen molar-refractivity contribution in [1.82, 2.24) is 9.21 Å². The third-order valence-electron chi connectivity index (χ3n) is 6.53. The van der Waals surface area contributed by atoms with Crippen LogP contribution in [0.5, 0.6) is 5.75 Å². The monoisotopic (exact) mass is 519 g/mol. The summed E-state index contributed by atoms with van der Waals surface area (Å²) < 4.78 is 33.1. The van der Waals surface area contributed by atoms with Gasteiger partial charge in [0.05, 0.1) is 19.4 Å². The van der Waals surface area contributed by atoms with E-state index in [0.717, 1.165) is 31.5 Å². The number of piperidine rings is 1. The Morgan fingerprint density at radius 2 is 1.77 bits per heavy atom. The van der Waals surface area contributed by atoms with Crippen LogP contribution in [0.25, 0.3) is 0 Å². The summed E-state index contributed by atoms with van der Waals surface area (Å²) in [7, 11) is -2.48. The first-order chi connectivity index (χ1) is 16.8. The molecule has 35 heavy (non-hydrogen) atoms. The summed E-state index contributed by atoms with van der Waals surface area (Å²) in [5, 5.41) is 3.18. The first-order valence-electron chi connectivity index (χ1n) is 11.8. The lowest BCUT2D eigenvalue weighted by Crippen LogP contribution is -2.43. The van der Waals surface area contributed by atoms with E-state index in [-0.39, 0.29) is 29.0 Å². The summed E-state index contributed by atoms with van der Waals surface area (Å²) >= 11 is 6.04. The number of anilines is 1. The molecule has 2 fully saturated rings. The number of halogens is 1. The predicted molar refractivity (Wildman–Crippen MR) is 134 cm³/mol. The van der Waals surface area contributed by atoms with Crippen LogP contribution in [0.4, 0.5) is 5.69 Å². The third-order valence-corrected chi connectivity index (χ3v) is 8.66. The molecule has 0 unspecified atom stereocenters. The molecule has 2 aromatic rings. The van der Waals surface area contributed by atoms with Gasteiger partial charge >= 0.3 is 0 Å². The van der Waals surface area contributed by atoms with Gasteiger partial charge < -0.3 is 15.0 Å². The van der Waals surface area contributed by atoms with Crippen LogP contribution in [-0.4, -0.2) is 62.7 Å². The highest BCUT2D eigenvalue weighted by molar-refractivity contribution is 7.89. The van der Waals surface area contributed by atoms with Crippen molar-refractivity contribution < 1.29 is 22.7 Å². The molecule has 0 radical (unpaired) electrons. The second-order valence-corrected chi connectivity index (χ2v) is 11.3. The van der Waals surface area contributed by atoms with E-state index in [1.165, 1.54) is 23.5 Å². The highest BCUT2D eigenvalue weighted by Gasteiger charge is 2.35. The van der Waals surface area contributed by atoms with Crippen molar-refractivity contribution in [2.75, 3.05) is 38.6 Å². The number of amides is 2. The van der Waals surface area contributed by atoms with Crippen molar-refractivity contribution >= 4 is 39.1 Å². The van der Waals surface area contributed by atoms with Gasteiger partial charge in [0.15, 0.2) is 0 Å². The van der Waals surface area contributed by atoms with Gasteiger partial charge in [-0.05, 0) is 61.6 Å². The van der Waals surface area contributed by atoms with Crippen molar-refractivity contribution in [2.24, 2.45) is 5.92 Å². The molecule has 2 aromatic carbocycles. The van der Waals surface area contributed by atoms with Gasteiger partial charge in [-0.25, -0.2) is 8.42 Å². The quantitative estimate of drug-likeness (QED) is 0.603. The molecule has 4 rings (SSSR count). The standard InChI is InChI=1S/C25H30ClN3O5S/c1-34-22-11-8-20(26)16-23(22)35(32,33)29-14-4-5-19(17-29)25(31)27-21-9-6-18(7-10-21)15-24(30)28-12-2-3-13-28/h6-11,16,19H,2-5,12-15,17H2,1H3,(H,27,31)/t19-/m1/s1. The number of nitrogens with zero attached hydrogens (tertiary/aromatic N) is 2. The Morgan fingerprint density at radius 3 is 2.46 bits per heavy atom. The molecule has 0 bridgehead atoms. The second kappa shape index (κ2) is 11.0. The molecule has 0 saturated carbocycles. The fraction of sp³-hybridized carbons (Fsp3) is 0.440. The lowest BCUT2D eigenvalue weighted by atomic mass is 9.98. The SMILES string of the molecule is COc1ccc(Cl)cc1S(=O)(=O)N1CCC[C@@H](C(=O)Nc2ccc(CC(=O)N3CCCC3)cc2)C1. The van der Waals surface area contributed by atoms with Crippen LogP contribution >= 0.6 is 11.6 Å². The van der Waals surface area contributed by atoms with Crippen LogP contribution in [0.15, 0.2) is 47.4 Å². The van der Waals surface area contributed by atoms with Crippen molar-refractivity contribution in [3.05, 3.63) is 53.1 Å². The van der Waals surface area contributed by atoms with Crippen LogP contribution < -0.4 is 10.1 Å². The predicted octanol–water partition coefficient (Wildman–Crippen LogP) is 3.55. The number of rotatable bonds is 7. The Balaban J connectivity index is 1.38. The van der Waals surface area contributed by atoms with E-state index in [1.807, 2.05) is 17.0 Å².